The van der Waals surface area contributed by atoms with E-state index in [1.54, 1.807) is 0 Å². The topological polar surface area (TPSA) is 87.6 Å². The van der Waals surface area contributed by atoms with Gasteiger partial charge in [-0.2, -0.15) is 4.31 Å². The van der Waals surface area contributed by atoms with Crippen LogP contribution in [0.2, 0.25) is 0 Å². The molecule has 1 rings (SSSR count). The Labute approximate surface area is 104 Å². The Morgan fingerprint density at radius 2 is 2.00 bits per heavy atom. The SMILES string of the molecule is CN(C(C)(C)C(=O)O)S(=O)(=O)c1cncc(F)c1. The summed E-state index contributed by atoms with van der Waals surface area (Å²) in [6.07, 6.45) is 1.83. The van der Waals surface area contributed by atoms with Gasteiger partial charge in [0.15, 0.2) is 0 Å². The zero-order valence-electron chi connectivity index (χ0n) is 10.1. The van der Waals surface area contributed by atoms with Crippen LogP contribution in [0.4, 0.5) is 4.39 Å². The third-order valence-electron chi connectivity index (χ3n) is 2.65. The Balaban J connectivity index is 3.28. The normalized spacial score (nSPS) is 12.7. The summed E-state index contributed by atoms with van der Waals surface area (Å²) >= 11 is 0. The van der Waals surface area contributed by atoms with Gasteiger partial charge < -0.3 is 5.11 Å². The number of carboxylic acids is 1. The zero-order chi connectivity index (χ0) is 14.1. The molecule has 0 unspecified atom stereocenters. The molecule has 0 atom stereocenters. The number of carbonyl (C=O) groups is 1. The number of rotatable bonds is 4. The van der Waals surface area contributed by atoms with Crippen molar-refractivity contribution in [3.05, 3.63) is 24.3 Å². The summed E-state index contributed by atoms with van der Waals surface area (Å²) in [5, 5.41) is 8.98. The molecule has 1 aromatic rings. The van der Waals surface area contributed by atoms with Gasteiger partial charge in [0, 0.05) is 13.2 Å². The molecule has 0 saturated carbocycles. The van der Waals surface area contributed by atoms with Crippen molar-refractivity contribution in [3.63, 3.8) is 0 Å². The highest BCUT2D eigenvalue weighted by Gasteiger charge is 2.40. The van der Waals surface area contributed by atoms with E-state index in [4.69, 9.17) is 5.11 Å². The molecule has 1 heterocycles. The number of hydrogen-bond acceptors (Lipinski definition) is 4. The van der Waals surface area contributed by atoms with Gasteiger partial charge in [0.1, 0.15) is 16.3 Å². The van der Waals surface area contributed by atoms with Crippen LogP contribution >= 0.6 is 0 Å². The molecular formula is C10H13FN2O4S. The molecule has 0 bridgehead atoms. The van der Waals surface area contributed by atoms with E-state index in [1.807, 2.05) is 0 Å². The zero-order valence-corrected chi connectivity index (χ0v) is 10.9. The van der Waals surface area contributed by atoms with Crippen LogP contribution in [0.15, 0.2) is 23.4 Å². The maximum atomic E-state index is 13.0. The van der Waals surface area contributed by atoms with Crippen molar-refractivity contribution in [2.45, 2.75) is 24.3 Å². The fourth-order valence-electron chi connectivity index (χ4n) is 1.13. The number of aromatic nitrogens is 1. The van der Waals surface area contributed by atoms with E-state index in [0.717, 1.165) is 25.5 Å². The summed E-state index contributed by atoms with van der Waals surface area (Å²) in [7, 11) is -2.99. The monoisotopic (exact) mass is 276 g/mol. The van der Waals surface area contributed by atoms with E-state index < -0.39 is 27.3 Å². The molecule has 0 radical (unpaired) electrons. The van der Waals surface area contributed by atoms with Crippen molar-refractivity contribution in [1.82, 2.24) is 9.29 Å². The van der Waals surface area contributed by atoms with Crippen molar-refractivity contribution < 1.29 is 22.7 Å². The molecule has 100 valence electrons. The summed E-state index contributed by atoms with van der Waals surface area (Å²) in [5.74, 6) is -2.12. The van der Waals surface area contributed by atoms with Crippen molar-refractivity contribution in [2.75, 3.05) is 7.05 Å². The minimum atomic E-state index is -4.11. The maximum Gasteiger partial charge on any atom is 0.324 e. The number of nitrogens with zero attached hydrogens (tertiary/aromatic N) is 2. The van der Waals surface area contributed by atoms with Crippen LogP contribution in [0.25, 0.3) is 0 Å². The van der Waals surface area contributed by atoms with E-state index in [0.29, 0.717) is 4.31 Å². The molecule has 1 aromatic heterocycles. The van der Waals surface area contributed by atoms with Gasteiger partial charge in [0.25, 0.3) is 0 Å². The number of hydrogen-bond donors (Lipinski definition) is 1. The van der Waals surface area contributed by atoms with Crippen LogP contribution < -0.4 is 0 Å². The van der Waals surface area contributed by atoms with E-state index in [2.05, 4.69) is 4.98 Å². The Bertz CT molecular complexity index is 571. The lowest BCUT2D eigenvalue weighted by atomic mass is 10.1. The first-order chi connectivity index (χ1) is 8.10. The minimum absolute atomic E-state index is 0.390. The van der Waals surface area contributed by atoms with Crippen LogP contribution in [0.3, 0.4) is 0 Å². The second-order valence-electron chi connectivity index (χ2n) is 4.18. The first kappa shape index (κ1) is 14.5. The number of halogens is 1. The van der Waals surface area contributed by atoms with Crippen molar-refractivity contribution >= 4 is 16.0 Å². The van der Waals surface area contributed by atoms with Gasteiger partial charge in [0.05, 0.1) is 6.20 Å². The largest absolute Gasteiger partial charge is 0.480 e. The van der Waals surface area contributed by atoms with Gasteiger partial charge in [-0.05, 0) is 19.9 Å². The first-order valence-electron chi connectivity index (χ1n) is 4.93. The third-order valence-corrected chi connectivity index (χ3v) is 4.65. The molecule has 0 aliphatic rings. The van der Waals surface area contributed by atoms with E-state index in [9.17, 15) is 17.6 Å². The predicted octanol–water partition coefficient (Wildman–Crippen LogP) is 0.704. The molecule has 0 spiro atoms. The van der Waals surface area contributed by atoms with Gasteiger partial charge in [-0.1, -0.05) is 0 Å². The second-order valence-corrected chi connectivity index (χ2v) is 6.14. The lowest BCUT2D eigenvalue weighted by molar-refractivity contribution is -0.145. The number of pyridine rings is 1. The van der Waals surface area contributed by atoms with E-state index in [1.165, 1.54) is 13.8 Å². The number of aliphatic carboxylic acids is 1. The van der Waals surface area contributed by atoms with Crippen molar-refractivity contribution in [2.24, 2.45) is 0 Å². The highest BCUT2D eigenvalue weighted by molar-refractivity contribution is 7.89. The number of sulfonamides is 1. The fourth-order valence-corrected chi connectivity index (χ4v) is 2.58. The third kappa shape index (κ3) is 2.49. The standard InChI is InChI=1S/C10H13FN2O4S/c1-10(2,9(14)15)13(3)18(16,17)8-4-7(11)5-12-6-8/h4-6H,1-3H3,(H,14,15). The van der Waals surface area contributed by atoms with Crippen LogP contribution in [0.1, 0.15) is 13.8 Å². The first-order valence-corrected chi connectivity index (χ1v) is 6.37. The van der Waals surface area contributed by atoms with Crippen LogP contribution in [-0.4, -0.2) is 41.4 Å². The molecule has 0 aromatic carbocycles. The average molecular weight is 276 g/mol. The molecule has 0 amide bonds. The van der Waals surface area contributed by atoms with Crippen LogP contribution in [0.5, 0.6) is 0 Å². The Morgan fingerprint density at radius 1 is 1.44 bits per heavy atom. The molecule has 1 N–H and O–H groups in total. The minimum Gasteiger partial charge on any atom is -0.480 e. The Hall–Kier alpha value is -1.54. The molecule has 0 aliphatic heterocycles. The fraction of sp³-hybridized carbons (Fsp3) is 0.400. The summed E-state index contributed by atoms with van der Waals surface area (Å²) in [6, 6.07) is 0.788. The van der Waals surface area contributed by atoms with Gasteiger partial charge in [0.2, 0.25) is 10.0 Å². The quantitative estimate of drug-likeness (QED) is 0.874. The summed E-state index contributed by atoms with van der Waals surface area (Å²) < 4.78 is 37.8. The van der Waals surface area contributed by atoms with Gasteiger partial charge in [-0.25, -0.2) is 12.8 Å². The molecular weight excluding hydrogens is 263 g/mol. The molecule has 0 saturated heterocycles. The van der Waals surface area contributed by atoms with E-state index >= 15 is 0 Å². The molecule has 18 heavy (non-hydrogen) atoms. The smallest absolute Gasteiger partial charge is 0.324 e. The molecule has 6 nitrogen and oxygen atoms in total. The van der Waals surface area contributed by atoms with Crippen molar-refractivity contribution in [1.29, 1.82) is 0 Å². The van der Waals surface area contributed by atoms with Crippen molar-refractivity contribution in [3.8, 4) is 0 Å². The summed E-state index contributed by atoms with van der Waals surface area (Å²) in [5.41, 5.74) is -1.65. The highest BCUT2D eigenvalue weighted by Crippen LogP contribution is 2.22. The lowest BCUT2D eigenvalue weighted by Crippen LogP contribution is -2.50. The van der Waals surface area contributed by atoms with Crippen LogP contribution in [0, 0.1) is 5.82 Å². The highest BCUT2D eigenvalue weighted by atomic mass is 32.2. The lowest BCUT2D eigenvalue weighted by Gasteiger charge is -2.30. The molecule has 0 aliphatic carbocycles. The summed E-state index contributed by atoms with van der Waals surface area (Å²) in [4.78, 5) is 14.1. The van der Waals surface area contributed by atoms with Crippen LogP contribution in [-0.2, 0) is 14.8 Å². The van der Waals surface area contributed by atoms with Gasteiger partial charge in [-0.15, -0.1) is 0 Å². The predicted molar refractivity (Wildman–Crippen MR) is 60.9 cm³/mol. The van der Waals surface area contributed by atoms with Gasteiger partial charge in [-0.3, -0.25) is 9.78 Å². The Kier molecular flexibility index (Phi) is 3.72. The molecule has 0 fully saturated rings. The summed E-state index contributed by atoms with van der Waals surface area (Å²) in [6.45, 7) is 2.47. The Morgan fingerprint density at radius 3 is 2.44 bits per heavy atom. The number of likely N-dealkylation sites (N-methyl/N-ethyl adjacent to an activating group) is 1. The van der Waals surface area contributed by atoms with Gasteiger partial charge >= 0.3 is 5.97 Å². The maximum absolute atomic E-state index is 13.0. The van der Waals surface area contributed by atoms with E-state index in [-0.39, 0.29) is 4.90 Å². The average Bonchev–Trinajstić information content (AvgIpc) is 2.27. The second kappa shape index (κ2) is 4.62. The number of carboxylic acid groups (broad SMARTS) is 1. The molecule has 8 heteroatoms.